The average molecular weight is 210 g/mol. The van der Waals surface area contributed by atoms with Crippen molar-refractivity contribution in [1.29, 1.82) is 0 Å². The van der Waals surface area contributed by atoms with Crippen LogP contribution < -0.4 is 0 Å². The van der Waals surface area contributed by atoms with Crippen molar-refractivity contribution in [2.75, 3.05) is 0 Å². The van der Waals surface area contributed by atoms with E-state index in [0.717, 1.165) is 12.3 Å². The summed E-state index contributed by atoms with van der Waals surface area (Å²) < 4.78 is 0. The van der Waals surface area contributed by atoms with Gasteiger partial charge in [-0.05, 0) is 42.9 Å². The molecule has 2 atom stereocenters. The summed E-state index contributed by atoms with van der Waals surface area (Å²) >= 11 is 0. The lowest BCUT2D eigenvalue weighted by Crippen LogP contribution is -2.27. The minimum atomic E-state index is -0.835. The number of hydrogen-bond acceptors (Lipinski definition) is 1. The van der Waals surface area contributed by atoms with E-state index in [4.69, 9.17) is 5.11 Å². The maximum Gasteiger partial charge on any atom is 0.327 e. The summed E-state index contributed by atoms with van der Waals surface area (Å²) in [7, 11) is 0. The third-order valence-corrected chi connectivity index (χ3v) is 3.21. The fourth-order valence-electron chi connectivity index (χ4n) is 3.08. The van der Waals surface area contributed by atoms with E-state index < -0.39 is 5.97 Å². The van der Waals surface area contributed by atoms with Crippen LogP contribution in [0.4, 0.5) is 0 Å². The highest BCUT2D eigenvalue weighted by atomic mass is 16.4. The monoisotopic (exact) mass is 210 g/mol. The van der Waals surface area contributed by atoms with Crippen LogP contribution in [0.3, 0.4) is 0 Å². The molecule has 86 valence electrons. The van der Waals surface area contributed by atoms with E-state index in [2.05, 4.69) is 20.8 Å². The zero-order valence-electron chi connectivity index (χ0n) is 9.99. The number of allylic oxidation sites excluding steroid dienone is 1. The van der Waals surface area contributed by atoms with Gasteiger partial charge in [0.15, 0.2) is 0 Å². The molecule has 0 amide bonds. The predicted octanol–water partition coefficient (Wildman–Crippen LogP) is 3.48. The Morgan fingerprint density at radius 3 is 2.67 bits per heavy atom. The Morgan fingerprint density at radius 1 is 1.47 bits per heavy atom. The van der Waals surface area contributed by atoms with Gasteiger partial charge in [0.25, 0.3) is 0 Å². The van der Waals surface area contributed by atoms with Crippen molar-refractivity contribution in [3.63, 3.8) is 0 Å². The van der Waals surface area contributed by atoms with Crippen molar-refractivity contribution in [3.8, 4) is 0 Å². The van der Waals surface area contributed by atoms with Crippen molar-refractivity contribution in [2.24, 2.45) is 17.3 Å². The van der Waals surface area contributed by atoms with Crippen LogP contribution in [-0.2, 0) is 4.79 Å². The molecule has 15 heavy (non-hydrogen) atoms. The highest BCUT2D eigenvalue weighted by Crippen LogP contribution is 2.42. The first-order valence-corrected chi connectivity index (χ1v) is 5.78. The van der Waals surface area contributed by atoms with Gasteiger partial charge in [-0.3, -0.25) is 0 Å². The third kappa shape index (κ3) is 4.50. The maximum absolute atomic E-state index is 10.3. The summed E-state index contributed by atoms with van der Waals surface area (Å²) in [6.45, 7) is 6.93. The zero-order chi connectivity index (χ0) is 11.5. The van der Waals surface area contributed by atoms with Crippen LogP contribution in [0.1, 0.15) is 46.5 Å². The molecule has 0 heterocycles. The zero-order valence-corrected chi connectivity index (χ0v) is 9.99. The van der Waals surface area contributed by atoms with Crippen LogP contribution in [0.5, 0.6) is 0 Å². The predicted molar refractivity (Wildman–Crippen MR) is 61.7 cm³/mol. The van der Waals surface area contributed by atoms with Crippen LogP contribution in [0.15, 0.2) is 12.2 Å². The summed E-state index contributed by atoms with van der Waals surface area (Å²) in [5, 5.41) is 8.51. The standard InChI is InChI=1S/C13H22O2/c1-10-7-11(5-4-6-12(14)15)9-13(2,3)8-10/h4,6,10-11H,5,7-9H2,1-3H3,(H,14,15)/t10-,11+/m0/s1. The van der Waals surface area contributed by atoms with Gasteiger partial charge in [0.1, 0.15) is 0 Å². The number of carbonyl (C=O) groups is 1. The fourth-order valence-corrected chi connectivity index (χ4v) is 3.08. The van der Waals surface area contributed by atoms with E-state index in [9.17, 15) is 4.79 Å². The molecule has 0 bridgehead atoms. The second-order valence-electron chi connectivity index (χ2n) is 5.76. The van der Waals surface area contributed by atoms with Crippen LogP contribution >= 0.6 is 0 Å². The molecule has 1 rings (SSSR count). The highest BCUT2D eigenvalue weighted by molar-refractivity contribution is 5.79. The molecule has 1 aliphatic rings. The van der Waals surface area contributed by atoms with Gasteiger partial charge in [-0.2, -0.15) is 0 Å². The summed E-state index contributed by atoms with van der Waals surface area (Å²) in [4.78, 5) is 10.3. The quantitative estimate of drug-likeness (QED) is 0.724. The van der Waals surface area contributed by atoms with E-state index in [0.29, 0.717) is 11.3 Å². The second-order valence-corrected chi connectivity index (χ2v) is 5.76. The Balaban J connectivity index is 2.45. The smallest absolute Gasteiger partial charge is 0.327 e. The lowest BCUT2D eigenvalue weighted by atomic mass is 9.67. The number of rotatable bonds is 3. The van der Waals surface area contributed by atoms with E-state index in [1.165, 1.54) is 25.3 Å². The third-order valence-electron chi connectivity index (χ3n) is 3.21. The second kappa shape index (κ2) is 4.82. The van der Waals surface area contributed by atoms with Crippen molar-refractivity contribution in [1.82, 2.24) is 0 Å². The van der Waals surface area contributed by atoms with Gasteiger partial charge < -0.3 is 5.11 Å². The van der Waals surface area contributed by atoms with E-state index in [1.54, 1.807) is 6.08 Å². The molecule has 0 aromatic rings. The lowest BCUT2D eigenvalue weighted by Gasteiger charge is -2.38. The van der Waals surface area contributed by atoms with Crippen LogP contribution in [-0.4, -0.2) is 11.1 Å². The van der Waals surface area contributed by atoms with Crippen LogP contribution in [0.2, 0.25) is 0 Å². The molecule has 0 radical (unpaired) electrons. The van der Waals surface area contributed by atoms with Crippen molar-refractivity contribution in [2.45, 2.75) is 46.5 Å². The van der Waals surface area contributed by atoms with Crippen LogP contribution in [0.25, 0.3) is 0 Å². The summed E-state index contributed by atoms with van der Waals surface area (Å²) in [6, 6.07) is 0. The first-order valence-electron chi connectivity index (χ1n) is 5.78. The average Bonchev–Trinajstić information content (AvgIpc) is 1.98. The normalized spacial score (nSPS) is 30.6. The molecular formula is C13H22O2. The van der Waals surface area contributed by atoms with Gasteiger partial charge in [0, 0.05) is 6.08 Å². The summed E-state index contributed by atoms with van der Waals surface area (Å²) in [5.41, 5.74) is 0.430. The Hall–Kier alpha value is -0.790. The molecule has 0 aromatic heterocycles. The Morgan fingerprint density at radius 2 is 2.13 bits per heavy atom. The van der Waals surface area contributed by atoms with Gasteiger partial charge in [-0.25, -0.2) is 4.79 Å². The lowest BCUT2D eigenvalue weighted by molar-refractivity contribution is -0.131. The molecule has 2 heteroatoms. The molecule has 0 saturated heterocycles. The molecule has 0 unspecified atom stereocenters. The van der Waals surface area contributed by atoms with E-state index in [1.807, 2.05) is 0 Å². The van der Waals surface area contributed by atoms with E-state index in [-0.39, 0.29) is 0 Å². The minimum Gasteiger partial charge on any atom is -0.478 e. The molecule has 0 aliphatic heterocycles. The molecule has 0 aromatic carbocycles. The number of aliphatic carboxylic acids is 1. The SMILES string of the molecule is C[C@H]1C[C@@H](CC=CC(=O)O)CC(C)(C)C1. The van der Waals surface area contributed by atoms with Crippen molar-refractivity contribution < 1.29 is 9.90 Å². The van der Waals surface area contributed by atoms with E-state index >= 15 is 0 Å². The molecular weight excluding hydrogens is 188 g/mol. The molecule has 2 nitrogen and oxygen atoms in total. The first-order chi connectivity index (χ1) is 6.89. The molecule has 1 fully saturated rings. The van der Waals surface area contributed by atoms with Crippen molar-refractivity contribution >= 4 is 5.97 Å². The first kappa shape index (κ1) is 12.3. The summed E-state index contributed by atoms with van der Waals surface area (Å²) in [5.74, 6) is 0.606. The maximum atomic E-state index is 10.3. The van der Waals surface area contributed by atoms with Crippen LogP contribution in [0, 0.1) is 17.3 Å². The van der Waals surface area contributed by atoms with Gasteiger partial charge >= 0.3 is 5.97 Å². The van der Waals surface area contributed by atoms with Gasteiger partial charge in [-0.1, -0.05) is 26.8 Å². The Kier molecular flexibility index (Phi) is 3.95. The number of carboxylic acids is 1. The minimum absolute atomic E-state index is 0.430. The topological polar surface area (TPSA) is 37.3 Å². The number of carboxylic acid groups (broad SMARTS) is 1. The fraction of sp³-hybridized carbons (Fsp3) is 0.769. The number of hydrogen-bond donors (Lipinski definition) is 1. The van der Waals surface area contributed by atoms with Gasteiger partial charge in [-0.15, -0.1) is 0 Å². The molecule has 1 saturated carbocycles. The summed E-state index contributed by atoms with van der Waals surface area (Å²) in [6.07, 6.45) is 7.76. The van der Waals surface area contributed by atoms with Gasteiger partial charge in [0.2, 0.25) is 0 Å². The Labute approximate surface area is 92.4 Å². The van der Waals surface area contributed by atoms with Crippen molar-refractivity contribution in [3.05, 3.63) is 12.2 Å². The molecule has 0 spiro atoms. The largest absolute Gasteiger partial charge is 0.478 e. The Bertz CT molecular complexity index is 253. The highest BCUT2D eigenvalue weighted by Gasteiger charge is 2.31. The molecule has 1 N–H and O–H groups in total. The van der Waals surface area contributed by atoms with Gasteiger partial charge in [0.05, 0.1) is 0 Å². The molecule has 1 aliphatic carbocycles.